The van der Waals surface area contributed by atoms with Gasteiger partial charge in [-0.3, -0.25) is 4.79 Å². The maximum Gasteiger partial charge on any atom is 0.230 e. The first-order valence-electron chi connectivity index (χ1n) is 6.92. The van der Waals surface area contributed by atoms with Crippen LogP contribution in [0.4, 0.5) is 4.39 Å². The third-order valence-corrected chi connectivity index (χ3v) is 4.55. The lowest BCUT2D eigenvalue weighted by Crippen LogP contribution is -2.28. The predicted octanol–water partition coefficient (Wildman–Crippen LogP) is 4.59. The zero-order valence-electron chi connectivity index (χ0n) is 12.2. The van der Waals surface area contributed by atoms with Gasteiger partial charge in [-0.15, -0.1) is 11.8 Å². The number of nitrogens with one attached hydrogen (secondary N) is 1. The van der Waals surface area contributed by atoms with Gasteiger partial charge in [0.15, 0.2) is 0 Å². The summed E-state index contributed by atoms with van der Waals surface area (Å²) in [5.41, 5.74) is 1.90. The third-order valence-electron chi connectivity index (χ3n) is 3.20. The van der Waals surface area contributed by atoms with Crippen LogP contribution in [0.15, 0.2) is 48.5 Å². The molecule has 0 bridgehead atoms. The van der Waals surface area contributed by atoms with Gasteiger partial charge in [-0.25, -0.2) is 4.39 Å². The first kappa shape index (κ1) is 16.8. The number of carbonyl (C=O) groups excluding carboxylic acids is 1. The number of carbonyl (C=O) groups is 1. The molecule has 0 spiro atoms. The SMILES string of the molecule is C[C@H](NC(=O)CSCc1ccccc1Cl)c1ccc(F)cc1. The summed E-state index contributed by atoms with van der Waals surface area (Å²) in [5, 5.41) is 3.62. The van der Waals surface area contributed by atoms with Gasteiger partial charge in [0, 0.05) is 10.8 Å². The number of hydrogen-bond donors (Lipinski definition) is 1. The molecule has 2 rings (SSSR count). The molecule has 0 unspecified atom stereocenters. The maximum atomic E-state index is 12.9. The molecular weight excluding hydrogens is 321 g/mol. The van der Waals surface area contributed by atoms with Crippen molar-refractivity contribution < 1.29 is 9.18 Å². The van der Waals surface area contributed by atoms with E-state index in [0.717, 1.165) is 16.1 Å². The molecule has 1 atom stereocenters. The molecule has 22 heavy (non-hydrogen) atoms. The minimum atomic E-state index is -0.280. The normalized spacial score (nSPS) is 12.0. The highest BCUT2D eigenvalue weighted by Crippen LogP contribution is 2.21. The molecule has 1 N–H and O–H groups in total. The molecule has 5 heteroatoms. The van der Waals surface area contributed by atoms with Crippen LogP contribution in [-0.4, -0.2) is 11.7 Å². The largest absolute Gasteiger partial charge is 0.349 e. The molecule has 2 aromatic rings. The number of amides is 1. The van der Waals surface area contributed by atoms with Crippen molar-refractivity contribution in [2.75, 3.05) is 5.75 Å². The van der Waals surface area contributed by atoms with Crippen molar-refractivity contribution in [3.05, 3.63) is 70.5 Å². The molecular formula is C17H17ClFNOS. The van der Waals surface area contributed by atoms with E-state index in [1.165, 1.54) is 23.9 Å². The van der Waals surface area contributed by atoms with Crippen molar-refractivity contribution >= 4 is 29.3 Å². The van der Waals surface area contributed by atoms with E-state index in [0.29, 0.717) is 11.5 Å². The first-order valence-corrected chi connectivity index (χ1v) is 8.45. The zero-order chi connectivity index (χ0) is 15.9. The van der Waals surface area contributed by atoms with E-state index in [4.69, 9.17) is 11.6 Å². The fourth-order valence-electron chi connectivity index (χ4n) is 1.99. The van der Waals surface area contributed by atoms with Crippen LogP contribution in [0.25, 0.3) is 0 Å². The van der Waals surface area contributed by atoms with Crippen LogP contribution < -0.4 is 5.32 Å². The second kappa shape index (κ2) is 8.20. The highest BCUT2D eigenvalue weighted by Gasteiger charge is 2.10. The number of benzene rings is 2. The monoisotopic (exact) mass is 337 g/mol. The van der Waals surface area contributed by atoms with E-state index in [2.05, 4.69) is 5.32 Å². The van der Waals surface area contributed by atoms with Crippen LogP contribution in [0, 0.1) is 5.82 Å². The Balaban J connectivity index is 1.78. The first-order chi connectivity index (χ1) is 10.6. The molecule has 0 heterocycles. The topological polar surface area (TPSA) is 29.1 Å². The molecule has 0 fully saturated rings. The van der Waals surface area contributed by atoms with Crippen LogP contribution in [-0.2, 0) is 10.5 Å². The summed E-state index contributed by atoms with van der Waals surface area (Å²) in [4.78, 5) is 11.9. The van der Waals surface area contributed by atoms with Crippen molar-refractivity contribution in [2.24, 2.45) is 0 Å². The lowest BCUT2D eigenvalue weighted by Gasteiger charge is -2.14. The van der Waals surface area contributed by atoms with E-state index in [9.17, 15) is 9.18 Å². The minimum Gasteiger partial charge on any atom is -0.349 e. The van der Waals surface area contributed by atoms with Gasteiger partial charge in [0.1, 0.15) is 5.82 Å². The summed E-state index contributed by atoms with van der Waals surface area (Å²) >= 11 is 7.58. The van der Waals surface area contributed by atoms with Crippen molar-refractivity contribution in [1.82, 2.24) is 5.32 Å². The van der Waals surface area contributed by atoms with Gasteiger partial charge in [0.25, 0.3) is 0 Å². The molecule has 0 saturated carbocycles. The van der Waals surface area contributed by atoms with E-state index in [1.807, 2.05) is 31.2 Å². The third kappa shape index (κ3) is 5.04. The average molecular weight is 338 g/mol. The Hall–Kier alpha value is -1.52. The van der Waals surface area contributed by atoms with Crippen LogP contribution >= 0.6 is 23.4 Å². The molecule has 0 aliphatic heterocycles. The molecule has 0 aliphatic rings. The molecule has 0 aliphatic carbocycles. The van der Waals surface area contributed by atoms with Gasteiger partial charge >= 0.3 is 0 Å². The van der Waals surface area contributed by atoms with Gasteiger partial charge in [-0.05, 0) is 36.2 Å². The average Bonchev–Trinajstić information content (AvgIpc) is 2.50. The Morgan fingerprint density at radius 2 is 1.91 bits per heavy atom. The Morgan fingerprint density at radius 3 is 2.59 bits per heavy atom. The molecule has 2 nitrogen and oxygen atoms in total. The van der Waals surface area contributed by atoms with E-state index < -0.39 is 0 Å². The van der Waals surface area contributed by atoms with Crippen molar-refractivity contribution in [3.63, 3.8) is 0 Å². The van der Waals surface area contributed by atoms with Gasteiger partial charge in [-0.1, -0.05) is 41.9 Å². The Bertz CT molecular complexity index is 633. The Labute approximate surface area is 139 Å². The van der Waals surface area contributed by atoms with Crippen LogP contribution in [0.1, 0.15) is 24.1 Å². The molecule has 2 aromatic carbocycles. The number of hydrogen-bond acceptors (Lipinski definition) is 2. The lowest BCUT2D eigenvalue weighted by molar-refractivity contribution is -0.119. The standard InChI is InChI=1S/C17H17ClFNOS/c1-12(13-6-8-15(19)9-7-13)20-17(21)11-22-10-14-4-2-3-5-16(14)18/h2-9,12H,10-11H2,1H3,(H,20,21)/t12-/m0/s1. The van der Waals surface area contributed by atoms with E-state index >= 15 is 0 Å². The summed E-state index contributed by atoms with van der Waals surface area (Å²) in [6.45, 7) is 1.88. The Kier molecular flexibility index (Phi) is 6.28. The minimum absolute atomic E-state index is 0.0473. The van der Waals surface area contributed by atoms with E-state index in [1.54, 1.807) is 12.1 Å². The highest BCUT2D eigenvalue weighted by molar-refractivity contribution is 7.99. The second-order valence-electron chi connectivity index (χ2n) is 4.92. The summed E-state index contributed by atoms with van der Waals surface area (Å²) < 4.78 is 12.9. The van der Waals surface area contributed by atoms with E-state index in [-0.39, 0.29) is 17.8 Å². The molecule has 0 aromatic heterocycles. The van der Waals surface area contributed by atoms with Gasteiger partial charge in [0.2, 0.25) is 5.91 Å². The zero-order valence-corrected chi connectivity index (χ0v) is 13.8. The lowest BCUT2D eigenvalue weighted by atomic mass is 10.1. The van der Waals surface area contributed by atoms with Gasteiger partial charge in [-0.2, -0.15) is 0 Å². The van der Waals surface area contributed by atoms with Crippen molar-refractivity contribution in [2.45, 2.75) is 18.7 Å². The van der Waals surface area contributed by atoms with Crippen LogP contribution in [0.3, 0.4) is 0 Å². The Morgan fingerprint density at radius 1 is 1.23 bits per heavy atom. The van der Waals surface area contributed by atoms with Crippen molar-refractivity contribution in [1.29, 1.82) is 0 Å². The predicted molar refractivity (Wildman–Crippen MR) is 90.6 cm³/mol. The number of rotatable bonds is 6. The highest BCUT2D eigenvalue weighted by atomic mass is 35.5. The summed E-state index contributed by atoms with van der Waals surface area (Å²) in [6.07, 6.45) is 0. The summed E-state index contributed by atoms with van der Waals surface area (Å²) in [6, 6.07) is 13.6. The second-order valence-corrected chi connectivity index (χ2v) is 6.32. The van der Waals surface area contributed by atoms with Gasteiger partial charge in [0.05, 0.1) is 11.8 Å². The molecule has 0 radical (unpaired) electrons. The molecule has 0 saturated heterocycles. The fourth-order valence-corrected chi connectivity index (χ4v) is 3.11. The summed E-state index contributed by atoms with van der Waals surface area (Å²) in [5.74, 6) is 0.723. The van der Waals surface area contributed by atoms with Crippen molar-refractivity contribution in [3.8, 4) is 0 Å². The maximum absolute atomic E-state index is 12.9. The summed E-state index contributed by atoms with van der Waals surface area (Å²) in [7, 11) is 0. The molecule has 1 amide bonds. The number of halogens is 2. The smallest absolute Gasteiger partial charge is 0.230 e. The van der Waals surface area contributed by atoms with Gasteiger partial charge < -0.3 is 5.32 Å². The van der Waals surface area contributed by atoms with Crippen LogP contribution in [0.2, 0.25) is 5.02 Å². The molecule has 116 valence electrons. The number of thioether (sulfide) groups is 1. The fraction of sp³-hybridized carbons (Fsp3) is 0.235. The van der Waals surface area contributed by atoms with Crippen LogP contribution in [0.5, 0.6) is 0 Å². The quantitative estimate of drug-likeness (QED) is 0.835.